The van der Waals surface area contributed by atoms with Crippen LogP contribution in [0.25, 0.3) is 0 Å². The fourth-order valence-electron chi connectivity index (χ4n) is 0.593. The van der Waals surface area contributed by atoms with E-state index in [2.05, 4.69) is 6.92 Å². The van der Waals surface area contributed by atoms with E-state index in [0.29, 0.717) is 25.9 Å². The first-order chi connectivity index (χ1) is 7.31. The van der Waals surface area contributed by atoms with Crippen molar-refractivity contribution >= 4 is 10.4 Å². The number of hydrogen-bond acceptors (Lipinski definition) is 5. The number of ether oxygens (including phenoxy) is 2. The quantitative estimate of drug-likeness (QED) is 0.441. The summed E-state index contributed by atoms with van der Waals surface area (Å²) in [5.74, 6) is 0. The van der Waals surface area contributed by atoms with E-state index in [1.165, 1.54) is 0 Å². The van der Waals surface area contributed by atoms with Gasteiger partial charge >= 0.3 is 10.4 Å². The van der Waals surface area contributed by atoms with Crippen LogP contribution in [0, 0.1) is 0 Å². The minimum atomic E-state index is -4.67. The van der Waals surface area contributed by atoms with Gasteiger partial charge in [-0.25, -0.2) is 0 Å². The highest BCUT2D eigenvalue weighted by Crippen LogP contribution is 1.94. The molecule has 0 spiro atoms. The summed E-state index contributed by atoms with van der Waals surface area (Å²) in [7, 11) is -4.67. The maximum Gasteiger partial charge on any atom is 0.394 e. The van der Waals surface area contributed by atoms with Crippen molar-refractivity contribution in [2.75, 3.05) is 26.4 Å². The lowest BCUT2D eigenvalue weighted by Crippen LogP contribution is -2.12. The minimum absolute atomic E-state index is 0.0866. The molecular weight excluding hydrogens is 240 g/mol. The van der Waals surface area contributed by atoms with Crippen LogP contribution >= 0.6 is 0 Å². The second-order valence-corrected chi connectivity index (χ2v) is 3.77. The van der Waals surface area contributed by atoms with Crippen molar-refractivity contribution in [3.63, 3.8) is 0 Å². The highest BCUT2D eigenvalue weighted by atomic mass is 32.3. The molecule has 100 valence electrons. The average Bonchev–Trinajstić information content (AvgIpc) is 2.14. The third-order valence-corrected chi connectivity index (χ3v) is 1.44. The van der Waals surface area contributed by atoms with E-state index in [-0.39, 0.29) is 6.61 Å². The predicted octanol–water partition coefficient (Wildman–Crippen LogP) is 0.158. The van der Waals surface area contributed by atoms with Gasteiger partial charge in [-0.15, -0.1) is 0 Å². The van der Waals surface area contributed by atoms with Gasteiger partial charge in [-0.1, -0.05) is 6.92 Å². The van der Waals surface area contributed by atoms with Crippen LogP contribution < -0.4 is 0 Å². The number of hydrogen-bond donors (Lipinski definition) is 3. The summed E-state index contributed by atoms with van der Waals surface area (Å²) in [6, 6.07) is 0. The first kappa shape index (κ1) is 18.1. The highest BCUT2D eigenvalue weighted by Gasteiger charge is 1.96. The molecule has 0 aliphatic heterocycles. The molecular formula is C8H20O7S. The fraction of sp³-hybridized carbons (Fsp3) is 1.00. The Kier molecular flexibility index (Phi) is 12.7. The van der Waals surface area contributed by atoms with E-state index in [0.717, 1.165) is 6.42 Å². The molecule has 0 saturated heterocycles. The molecule has 0 heterocycles. The maximum absolute atomic E-state index is 8.74. The Labute approximate surface area is 96.0 Å². The molecule has 0 rings (SSSR count). The standard InChI is InChI=1S/C8H18O3.H2O4S/c1-3-8(2)11-7-6-10-5-4-9;1-5(2,3)4/h8-9H,3-7H2,1-2H3;(H2,1,2,3,4). The van der Waals surface area contributed by atoms with Crippen molar-refractivity contribution < 1.29 is 32.1 Å². The third-order valence-electron chi connectivity index (χ3n) is 1.44. The van der Waals surface area contributed by atoms with E-state index in [1.807, 2.05) is 6.92 Å². The third kappa shape index (κ3) is 29.2. The molecule has 3 N–H and O–H groups in total. The van der Waals surface area contributed by atoms with Gasteiger partial charge in [-0.2, -0.15) is 8.42 Å². The minimum Gasteiger partial charge on any atom is -0.394 e. The zero-order valence-corrected chi connectivity index (χ0v) is 10.3. The summed E-state index contributed by atoms with van der Waals surface area (Å²) in [4.78, 5) is 0. The lowest BCUT2D eigenvalue weighted by atomic mass is 10.3. The van der Waals surface area contributed by atoms with Crippen molar-refractivity contribution in [1.29, 1.82) is 0 Å². The van der Waals surface area contributed by atoms with Crippen LogP contribution in [0.2, 0.25) is 0 Å². The first-order valence-electron chi connectivity index (χ1n) is 4.81. The molecule has 1 atom stereocenters. The van der Waals surface area contributed by atoms with Crippen molar-refractivity contribution in [2.24, 2.45) is 0 Å². The van der Waals surface area contributed by atoms with Crippen molar-refractivity contribution in [1.82, 2.24) is 0 Å². The van der Waals surface area contributed by atoms with Gasteiger partial charge in [0, 0.05) is 0 Å². The van der Waals surface area contributed by atoms with E-state index in [9.17, 15) is 0 Å². The van der Waals surface area contributed by atoms with Gasteiger partial charge in [-0.05, 0) is 13.3 Å². The molecule has 0 aliphatic carbocycles. The Bertz CT molecular complexity index is 219. The largest absolute Gasteiger partial charge is 0.394 e. The van der Waals surface area contributed by atoms with Crippen molar-refractivity contribution in [3.05, 3.63) is 0 Å². The molecule has 0 bridgehead atoms. The van der Waals surface area contributed by atoms with Gasteiger partial charge in [0.05, 0.1) is 32.5 Å². The Morgan fingerprint density at radius 3 is 2.06 bits per heavy atom. The zero-order valence-electron chi connectivity index (χ0n) is 9.50. The molecule has 0 aromatic rings. The molecule has 0 aromatic heterocycles. The Balaban J connectivity index is 0. The van der Waals surface area contributed by atoms with Gasteiger partial charge in [0.2, 0.25) is 0 Å². The monoisotopic (exact) mass is 260 g/mol. The van der Waals surface area contributed by atoms with Crippen LogP contribution in [-0.4, -0.2) is 55.2 Å². The van der Waals surface area contributed by atoms with Crippen LogP contribution in [-0.2, 0) is 19.9 Å². The van der Waals surface area contributed by atoms with Gasteiger partial charge in [0.1, 0.15) is 0 Å². The lowest BCUT2D eigenvalue weighted by Gasteiger charge is -2.09. The second kappa shape index (κ2) is 11.2. The molecule has 0 fully saturated rings. The van der Waals surface area contributed by atoms with Gasteiger partial charge in [-0.3, -0.25) is 9.11 Å². The molecule has 8 heteroatoms. The average molecular weight is 260 g/mol. The molecule has 0 radical (unpaired) electrons. The van der Waals surface area contributed by atoms with Crippen LogP contribution in [0.5, 0.6) is 0 Å². The van der Waals surface area contributed by atoms with Crippen LogP contribution in [0.1, 0.15) is 20.3 Å². The summed E-state index contributed by atoms with van der Waals surface area (Å²) < 4.78 is 41.9. The first-order valence-corrected chi connectivity index (χ1v) is 6.21. The molecule has 0 aliphatic rings. The van der Waals surface area contributed by atoms with E-state index in [1.54, 1.807) is 0 Å². The van der Waals surface area contributed by atoms with Crippen molar-refractivity contribution in [2.45, 2.75) is 26.4 Å². The maximum atomic E-state index is 8.74. The molecule has 0 aromatic carbocycles. The van der Waals surface area contributed by atoms with E-state index >= 15 is 0 Å². The van der Waals surface area contributed by atoms with Gasteiger partial charge in [0.25, 0.3) is 0 Å². The van der Waals surface area contributed by atoms with Gasteiger partial charge < -0.3 is 14.6 Å². The SMILES string of the molecule is CCC(C)OCCOCCO.O=S(=O)(O)O. The van der Waals surface area contributed by atoms with E-state index < -0.39 is 10.4 Å². The topological polar surface area (TPSA) is 113 Å². The molecule has 0 amide bonds. The summed E-state index contributed by atoms with van der Waals surface area (Å²) in [6.07, 6.45) is 1.34. The summed E-state index contributed by atoms with van der Waals surface area (Å²) >= 11 is 0. The number of aliphatic hydroxyl groups is 1. The van der Waals surface area contributed by atoms with E-state index in [4.69, 9.17) is 32.1 Å². The highest BCUT2D eigenvalue weighted by molar-refractivity contribution is 7.79. The molecule has 0 saturated carbocycles. The Morgan fingerprint density at radius 2 is 1.69 bits per heavy atom. The zero-order chi connectivity index (χ0) is 13.0. The molecule has 1 unspecified atom stereocenters. The lowest BCUT2D eigenvalue weighted by molar-refractivity contribution is 0.00316. The van der Waals surface area contributed by atoms with Gasteiger partial charge in [0.15, 0.2) is 0 Å². The van der Waals surface area contributed by atoms with Crippen LogP contribution in [0.15, 0.2) is 0 Å². The summed E-state index contributed by atoms with van der Waals surface area (Å²) in [6.45, 7) is 5.80. The molecule has 7 nitrogen and oxygen atoms in total. The Hall–Kier alpha value is -0.250. The predicted molar refractivity (Wildman–Crippen MR) is 57.8 cm³/mol. The normalized spacial score (nSPS) is 12.8. The smallest absolute Gasteiger partial charge is 0.394 e. The fourth-order valence-corrected chi connectivity index (χ4v) is 0.593. The van der Waals surface area contributed by atoms with Crippen molar-refractivity contribution in [3.8, 4) is 0 Å². The van der Waals surface area contributed by atoms with Crippen LogP contribution in [0.3, 0.4) is 0 Å². The number of rotatable bonds is 7. The Morgan fingerprint density at radius 1 is 1.19 bits per heavy atom. The van der Waals surface area contributed by atoms with Crippen LogP contribution in [0.4, 0.5) is 0 Å². The number of aliphatic hydroxyl groups excluding tert-OH is 1. The molecule has 16 heavy (non-hydrogen) atoms. The second-order valence-electron chi connectivity index (χ2n) is 2.87. The summed E-state index contributed by atoms with van der Waals surface area (Å²) in [5.41, 5.74) is 0. The summed E-state index contributed by atoms with van der Waals surface area (Å²) in [5, 5.41) is 8.36.